The molecule has 7 heteroatoms. The van der Waals surface area contributed by atoms with E-state index in [0.717, 1.165) is 25.8 Å². The number of nitrogens with zero attached hydrogens (tertiary/aromatic N) is 4. The molecule has 2 aromatic heterocycles. The average Bonchev–Trinajstić information content (AvgIpc) is 3.19. The third-order valence-electron chi connectivity index (χ3n) is 4.92. The summed E-state index contributed by atoms with van der Waals surface area (Å²) in [5.74, 6) is 0.814. The quantitative estimate of drug-likeness (QED) is 0.894. The first-order chi connectivity index (χ1) is 10.5. The van der Waals surface area contributed by atoms with Crippen molar-refractivity contribution in [1.82, 2.24) is 19.8 Å². The molecule has 1 aliphatic heterocycles. The highest BCUT2D eigenvalue weighted by atomic mass is 16.5. The van der Waals surface area contributed by atoms with Gasteiger partial charge in [-0.2, -0.15) is 5.10 Å². The number of amides is 1. The van der Waals surface area contributed by atoms with Crippen LogP contribution in [0, 0.1) is 5.92 Å². The Morgan fingerprint density at radius 1 is 1.55 bits per heavy atom. The Bertz CT molecular complexity index is 721. The molecule has 2 unspecified atom stereocenters. The lowest BCUT2D eigenvalue weighted by molar-refractivity contribution is 0.0768. The Labute approximate surface area is 128 Å². The van der Waals surface area contributed by atoms with Gasteiger partial charge in [-0.25, -0.2) is 0 Å². The number of likely N-dealkylation sites (tertiary alicyclic amines) is 1. The van der Waals surface area contributed by atoms with Gasteiger partial charge in [0.05, 0.1) is 0 Å². The van der Waals surface area contributed by atoms with E-state index in [9.17, 15) is 4.79 Å². The van der Waals surface area contributed by atoms with Crippen LogP contribution in [-0.2, 0) is 7.05 Å². The van der Waals surface area contributed by atoms with Crippen molar-refractivity contribution in [2.45, 2.75) is 24.8 Å². The molecule has 1 aliphatic carbocycles. The largest absolute Gasteiger partial charge is 0.354 e. The van der Waals surface area contributed by atoms with Crippen molar-refractivity contribution in [3.8, 4) is 11.5 Å². The topological polar surface area (TPSA) is 90.2 Å². The molecule has 4 rings (SSSR count). The molecule has 0 aromatic carbocycles. The maximum atomic E-state index is 12.6. The van der Waals surface area contributed by atoms with Gasteiger partial charge in [-0.3, -0.25) is 9.48 Å². The monoisotopic (exact) mass is 301 g/mol. The minimum absolute atomic E-state index is 0.106. The van der Waals surface area contributed by atoms with Crippen LogP contribution in [-0.4, -0.2) is 44.4 Å². The molecule has 0 spiro atoms. The molecular weight excluding hydrogens is 282 g/mol. The summed E-state index contributed by atoms with van der Waals surface area (Å²) in [4.78, 5) is 14.4. The molecule has 1 amide bonds. The summed E-state index contributed by atoms with van der Waals surface area (Å²) in [6.07, 6.45) is 5.09. The van der Waals surface area contributed by atoms with Crippen LogP contribution < -0.4 is 5.73 Å². The van der Waals surface area contributed by atoms with E-state index in [4.69, 9.17) is 10.3 Å². The van der Waals surface area contributed by atoms with Gasteiger partial charge in [0.25, 0.3) is 5.91 Å². The molecule has 2 aliphatic rings. The second kappa shape index (κ2) is 4.67. The summed E-state index contributed by atoms with van der Waals surface area (Å²) < 4.78 is 6.94. The zero-order valence-corrected chi connectivity index (χ0v) is 12.5. The van der Waals surface area contributed by atoms with Crippen LogP contribution >= 0.6 is 0 Å². The van der Waals surface area contributed by atoms with E-state index in [-0.39, 0.29) is 11.4 Å². The molecule has 1 saturated carbocycles. The summed E-state index contributed by atoms with van der Waals surface area (Å²) in [5.41, 5.74) is 7.21. The minimum Gasteiger partial charge on any atom is -0.354 e. The maximum absolute atomic E-state index is 12.6. The smallest absolute Gasteiger partial charge is 0.276 e. The number of rotatable bonds is 2. The van der Waals surface area contributed by atoms with Gasteiger partial charge in [0, 0.05) is 37.9 Å². The number of fused-ring (bicyclic) bond motifs is 1. The van der Waals surface area contributed by atoms with Crippen molar-refractivity contribution in [1.29, 1.82) is 0 Å². The van der Waals surface area contributed by atoms with Crippen molar-refractivity contribution < 1.29 is 9.32 Å². The Balaban J connectivity index is 1.53. The molecule has 7 nitrogen and oxygen atoms in total. The van der Waals surface area contributed by atoms with E-state index >= 15 is 0 Å². The number of carbonyl (C=O) groups excluding carboxylic acids is 1. The number of carbonyl (C=O) groups is 1. The standard InChI is InChI=1S/C15H19N5O2/c1-19-6-4-11(17-19)13-7-12(18-22-13)14(21)20-8-10-3-2-5-15(10,16)9-20/h4,6-7,10H,2-3,5,8-9,16H2,1H3. The fraction of sp³-hybridized carbons (Fsp3) is 0.533. The SMILES string of the molecule is Cn1ccc(-c2cc(C(=O)N3CC4CCCC4(N)C3)no2)n1. The fourth-order valence-electron chi connectivity index (χ4n) is 3.70. The molecule has 2 aromatic rings. The van der Waals surface area contributed by atoms with Gasteiger partial charge in [0.2, 0.25) is 0 Å². The van der Waals surface area contributed by atoms with E-state index in [1.165, 1.54) is 0 Å². The Morgan fingerprint density at radius 2 is 2.41 bits per heavy atom. The lowest BCUT2D eigenvalue weighted by Crippen LogP contribution is -2.44. The van der Waals surface area contributed by atoms with Gasteiger partial charge in [0.15, 0.2) is 11.5 Å². The van der Waals surface area contributed by atoms with Gasteiger partial charge >= 0.3 is 0 Å². The average molecular weight is 301 g/mol. The second-order valence-corrected chi connectivity index (χ2v) is 6.46. The van der Waals surface area contributed by atoms with E-state index in [1.807, 2.05) is 24.2 Å². The molecule has 1 saturated heterocycles. The second-order valence-electron chi connectivity index (χ2n) is 6.46. The summed E-state index contributed by atoms with van der Waals surface area (Å²) in [7, 11) is 1.83. The molecule has 0 bridgehead atoms. The van der Waals surface area contributed by atoms with Crippen molar-refractivity contribution in [2.24, 2.45) is 18.7 Å². The van der Waals surface area contributed by atoms with Crippen molar-refractivity contribution in [3.05, 3.63) is 24.0 Å². The molecule has 2 fully saturated rings. The highest BCUT2D eigenvalue weighted by Gasteiger charge is 2.48. The Hall–Kier alpha value is -2.15. The number of nitrogens with two attached hydrogens (primary N) is 1. The third kappa shape index (κ3) is 2.04. The first-order valence-electron chi connectivity index (χ1n) is 7.60. The molecule has 2 atom stereocenters. The first-order valence-corrected chi connectivity index (χ1v) is 7.60. The number of aromatic nitrogens is 3. The van der Waals surface area contributed by atoms with Gasteiger partial charge in [-0.1, -0.05) is 11.6 Å². The molecule has 0 radical (unpaired) electrons. The predicted octanol–water partition coefficient (Wildman–Crippen LogP) is 1.03. The van der Waals surface area contributed by atoms with Crippen LogP contribution in [0.25, 0.3) is 11.5 Å². The summed E-state index contributed by atoms with van der Waals surface area (Å²) in [6, 6.07) is 3.48. The Kier molecular flexibility index (Phi) is 2.87. The first kappa shape index (κ1) is 13.5. The van der Waals surface area contributed by atoms with E-state index < -0.39 is 0 Å². The normalized spacial score (nSPS) is 27.4. The molecular formula is C15H19N5O2. The fourth-order valence-corrected chi connectivity index (χ4v) is 3.70. The van der Waals surface area contributed by atoms with Crippen LogP contribution in [0.2, 0.25) is 0 Å². The highest BCUT2D eigenvalue weighted by molar-refractivity contribution is 5.93. The van der Waals surface area contributed by atoms with Gasteiger partial charge in [-0.05, 0) is 24.8 Å². The molecule has 2 N–H and O–H groups in total. The van der Waals surface area contributed by atoms with Gasteiger partial charge in [-0.15, -0.1) is 0 Å². The lowest BCUT2D eigenvalue weighted by atomic mass is 9.92. The van der Waals surface area contributed by atoms with Crippen LogP contribution in [0.1, 0.15) is 29.8 Å². The summed E-state index contributed by atoms with van der Waals surface area (Å²) in [6.45, 7) is 1.34. The number of aryl methyl sites for hydroxylation is 1. The van der Waals surface area contributed by atoms with Gasteiger partial charge < -0.3 is 15.2 Å². The van der Waals surface area contributed by atoms with Crippen LogP contribution in [0.4, 0.5) is 0 Å². The minimum atomic E-state index is -0.205. The van der Waals surface area contributed by atoms with Crippen LogP contribution in [0.5, 0.6) is 0 Å². The van der Waals surface area contributed by atoms with Crippen molar-refractivity contribution >= 4 is 5.91 Å². The van der Waals surface area contributed by atoms with Crippen molar-refractivity contribution in [3.63, 3.8) is 0 Å². The Morgan fingerprint density at radius 3 is 3.14 bits per heavy atom. The van der Waals surface area contributed by atoms with Crippen LogP contribution in [0.3, 0.4) is 0 Å². The van der Waals surface area contributed by atoms with Crippen molar-refractivity contribution in [2.75, 3.05) is 13.1 Å². The van der Waals surface area contributed by atoms with E-state index in [2.05, 4.69) is 10.3 Å². The molecule has 3 heterocycles. The zero-order chi connectivity index (χ0) is 15.3. The predicted molar refractivity (Wildman–Crippen MR) is 78.9 cm³/mol. The summed E-state index contributed by atoms with van der Waals surface area (Å²) in [5, 5.41) is 8.15. The lowest BCUT2D eigenvalue weighted by Gasteiger charge is -2.22. The maximum Gasteiger partial charge on any atom is 0.276 e. The summed E-state index contributed by atoms with van der Waals surface area (Å²) >= 11 is 0. The third-order valence-corrected chi connectivity index (χ3v) is 4.92. The molecule has 116 valence electrons. The van der Waals surface area contributed by atoms with E-state index in [1.54, 1.807) is 10.7 Å². The van der Waals surface area contributed by atoms with Crippen LogP contribution in [0.15, 0.2) is 22.9 Å². The van der Waals surface area contributed by atoms with E-state index in [0.29, 0.717) is 29.6 Å². The number of hydrogen-bond acceptors (Lipinski definition) is 5. The highest BCUT2D eigenvalue weighted by Crippen LogP contribution is 2.40. The zero-order valence-electron chi connectivity index (χ0n) is 12.5. The number of hydrogen-bond donors (Lipinski definition) is 1. The molecule has 22 heavy (non-hydrogen) atoms. The van der Waals surface area contributed by atoms with Gasteiger partial charge in [0.1, 0.15) is 5.69 Å².